The highest BCUT2D eigenvalue weighted by molar-refractivity contribution is 6.74. The Hall–Kier alpha value is -2.25. The average Bonchev–Trinajstić information content (AvgIpc) is 2.91. The molecule has 1 aromatic rings. The van der Waals surface area contributed by atoms with Crippen LogP contribution in [0.25, 0.3) is 0 Å². The summed E-state index contributed by atoms with van der Waals surface area (Å²) in [5.74, 6) is -0.974. The fourth-order valence-corrected chi connectivity index (χ4v) is 5.05. The number of hydrogen-bond donors (Lipinski definition) is 1. The van der Waals surface area contributed by atoms with E-state index < -0.39 is 20.4 Å². The number of amides is 1. The lowest BCUT2D eigenvalue weighted by Gasteiger charge is -2.38. The van der Waals surface area contributed by atoms with Crippen LogP contribution in [0.15, 0.2) is 42.5 Å². The van der Waals surface area contributed by atoms with Gasteiger partial charge in [-0.2, -0.15) is 0 Å². The number of carboxylic acid groups (broad SMARTS) is 1. The number of carbonyl (C=O) groups excluding carboxylic acids is 2. The summed E-state index contributed by atoms with van der Waals surface area (Å²) in [6.07, 6.45) is 2.90. The second kappa shape index (κ2) is 10.6. The fourth-order valence-electron chi connectivity index (χ4n) is 3.70. The fraction of sp³-hybridized carbons (Fsp3) is 0.560. The van der Waals surface area contributed by atoms with Crippen LogP contribution in [0, 0.1) is 5.92 Å². The number of carbonyl (C=O) groups is 3. The number of hydrogen-bond acceptors (Lipinski definition) is 4. The summed E-state index contributed by atoms with van der Waals surface area (Å²) in [7, 11) is -2.22. The summed E-state index contributed by atoms with van der Waals surface area (Å²) in [5.41, 5.74) is 1.05. The summed E-state index contributed by atoms with van der Waals surface area (Å²) in [5, 5.41) is 9.22. The van der Waals surface area contributed by atoms with Gasteiger partial charge in [0.15, 0.2) is 14.1 Å². The number of nitrogens with zero attached hydrogens (tertiary/aromatic N) is 1. The highest BCUT2D eigenvalue weighted by Crippen LogP contribution is 2.38. The quantitative estimate of drug-likeness (QED) is 0.401. The van der Waals surface area contributed by atoms with Gasteiger partial charge in [0.2, 0.25) is 5.91 Å². The molecule has 1 aliphatic heterocycles. The number of rotatable bonds is 10. The minimum absolute atomic E-state index is 0.0169. The molecule has 1 heterocycles. The first-order valence-corrected chi connectivity index (χ1v) is 14.1. The van der Waals surface area contributed by atoms with Crippen molar-refractivity contribution in [2.45, 2.75) is 83.8 Å². The Kier molecular flexibility index (Phi) is 8.59. The number of aliphatic carboxylic acids is 1. The van der Waals surface area contributed by atoms with Gasteiger partial charge in [-0.25, -0.2) is 0 Å². The predicted molar refractivity (Wildman–Crippen MR) is 128 cm³/mol. The molecule has 7 heteroatoms. The maximum atomic E-state index is 12.7. The number of likely N-dealkylation sites (tertiary alicyclic amines) is 1. The summed E-state index contributed by atoms with van der Waals surface area (Å²) < 4.78 is 6.23. The second-order valence-electron chi connectivity index (χ2n) is 10.3. The van der Waals surface area contributed by atoms with Gasteiger partial charge >= 0.3 is 5.97 Å². The van der Waals surface area contributed by atoms with Gasteiger partial charge in [0.25, 0.3) is 0 Å². The van der Waals surface area contributed by atoms with Gasteiger partial charge in [-0.3, -0.25) is 14.4 Å². The third kappa shape index (κ3) is 7.13. The van der Waals surface area contributed by atoms with Crippen molar-refractivity contribution >= 4 is 26.0 Å². The van der Waals surface area contributed by atoms with Crippen LogP contribution >= 0.6 is 0 Å². The third-order valence-corrected chi connectivity index (χ3v) is 11.1. The van der Waals surface area contributed by atoms with Crippen molar-refractivity contribution in [3.05, 3.63) is 48.0 Å². The first-order valence-electron chi connectivity index (χ1n) is 11.2. The SMILES string of the molecule is C[C@@H]1CC(=O)N(Cc2ccccc2)[C@@H]1C=CC(=O)C[C@H](CC(=O)O)O[Si](C)(C)C(C)(C)C. The van der Waals surface area contributed by atoms with Crippen LogP contribution in [-0.4, -0.2) is 48.1 Å². The van der Waals surface area contributed by atoms with E-state index in [-0.39, 0.29) is 41.5 Å². The lowest BCUT2D eigenvalue weighted by atomic mass is 10.0. The molecule has 1 N–H and O–H groups in total. The number of benzene rings is 1. The topological polar surface area (TPSA) is 83.9 Å². The summed E-state index contributed by atoms with van der Waals surface area (Å²) in [6, 6.07) is 9.63. The summed E-state index contributed by atoms with van der Waals surface area (Å²) in [4.78, 5) is 38.4. The maximum absolute atomic E-state index is 12.7. The number of ketones is 1. The zero-order chi connectivity index (χ0) is 24.1. The molecule has 176 valence electrons. The zero-order valence-electron chi connectivity index (χ0n) is 20.1. The van der Waals surface area contributed by atoms with Gasteiger partial charge in [-0.05, 0) is 35.7 Å². The molecule has 0 bridgehead atoms. The van der Waals surface area contributed by atoms with Crippen molar-refractivity contribution in [1.29, 1.82) is 0 Å². The van der Waals surface area contributed by atoms with Crippen LogP contribution in [0.1, 0.15) is 52.5 Å². The molecule has 0 aliphatic carbocycles. The average molecular weight is 460 g/mol. The smallest absolute Gasteiger partial charge is 0.305 e. The largest absolute Gasteiger partial charge is 0.481 e. The van der Waals surface area contributed by atoms with Gasteiger partial charge in [0.05, 0.1) is 18.6 Å². The highest BCUT2D eigenvalue weighted by Gasteiger charge is 2.40. The van der Waals surface area contributed by atoms with Crippen molar-refractivity contribution < 1.29 is 23.9 Å². The Morgan fingerprint density at radius 2 is 1.84 bits per heavy atom. The van der Waals surface area contributed by atoms with E-state index in [9.17, 15) is 19.5 Å². The van der Waals surface area contributed by atoms with E-state index in [0.29, 0.717) is 13.0 Å². The normalized spacial score (nSPS) is 20.7. The van der Waals surface area contributed by atoms with E-state index in [2.05, 4.69) is 33.9 Å². The van der Waals surface area contributed by atoms with E-state index >= 15 is 0 Å². The molecule has 1 aliphatic rings. The van der Waals surface area contributed by atoms with E-state index in [1.165, 1.54) is 6.08 Å². The molecule has 0 aromatic heterocycles. The van der Waals surface area contributed by atoms with Crippen LogP contribution in [0.4, 0.5) is 0 Å². The van der Waals surface area contributed by atoms with Gasteiger partial charge in [0, 0.05) is 19.4 Å². The van der Waals surface area contributed by atoms with E-state index in [4.69, 9.17) is 4.43 Å². The molecule has 0 radical (unpaired) electrons. The molecule has 6 nitrogen and oxygen atoms in total. The monoisotopic (exact) mass is 459 g/mol. The highest BCUT2D eigenvalue weighted by atomic mass is 28.4. The van der Waals surface area contributed by atoms with Crippen molar-refractivity contribution in [2.75, 3.05) is 0 Å². The van der Waals surface area contributed by atoms with Crippen molar-refractivity contribution in [1.82, 2.24) is 4.90 Å². The lowest BCUT2D eigenvalue weighted by molar-refractivity contribution is -0.139. The summed E-state index contributed by atoms with van der Waals surface area (Å²) in [6.45, 7) is 12.9. The molecule has 1 amide bonds. The minimum Gasteiger partial charge on any atom is -0.481 e. The molecular weight excluding hydrogens is 422 g/mol. The molecule has 0 spiro atoms. The predicted octanol–water partition coefficient (Wildman–Crippen LogP) is 4.80. The Balaban J connectivity index is 2.09. The second-order valence-corrected chi connectivity index (χ2v) is 15.1. The Labute approximate surface area is 192 Å². The molecular formula is C25H37NO5Si. The lowest BCUT2D eigenvalue weighted by Crippen LogP contribution is -2.44. The van der Waals surface area contributed by atoms with Crippen LogP contribution in [0.3, 0.4) is 0 Å². The molecule has 3 atom stereocenters. The summed E-state index contributed by atoms with van der Waals surface area (Å²) >= 11 is 0. The van der Waals surface area contributed by atoms with Gasteiger partial charge in [-0.15, -0.1) is 0 Å². The van der Waals surface area contributed by atoms with Crippen LogP contribution in [0.2, 0.25) is 18.1 Å². The number of allylic oxidation sites excluding steroid dienone is 1. The zero-order valence-corrected chi connectivity index (χ0v) is 21.1. The molecule has 32 heavy (non-hydrogen) atoms. The van der Waals surface area contributed by atoms with Gasteiger partial charge in [-0.1, -0.05) is 64.1 Å². The van der Waals surface area contributed by atoms with E-state index in [0.717, 1.165) is 5.56 Å². The van der Waals surface area contributed by atoms with Crippen molar-refractivity contribution in [3.63, 3.8) is 0 Å². The Morgan fingerprint density at radius 1 is 1.22 bits per heavy atom. The first-order chi connectivity index (χ1) is 14.8. The van der Waals surface area contributed by atoms with E-state index in [1.807, 2.05) is 42.2 Å². The molecule has 1 saturated heterocycles. The van der Waals surface area contributed by atoms with E-state index in [1.54, 1.807) is 6.08 Å². The molecule has 0 saturated carbocycles. The molecule has 0 unspecified atom stereocenters. The van der Waals surface area contributed by atoms with Crippen molar-refractivity contribution in [2.24, 2.45) is 5.92 Å². The maximum Gasteiger partial charge on any atom is 0.305 e. The molecule has 1 aromatic carbocycles. The Bertz CT molecular complexity index is 844. The van der Waals surface area contributed by atoms with Crippen LogP contribution in [0.5, 0.6) is 0 Å². The van der Waals surface area contributed by atoms with Gasteiger partial charge in [0.1, 0.15) is 0 Å². The number of carboxylic acids is 1. The molecule has 2 rings (SSSR count). The minimum atomic E-state index is -2.22. The van der Waals surface area contributed by atoms with Crippen molar-refractivity contribution in [3.8, 4) is 0 Å². The van der Waals surface area contributed by atoms with Crippen LogP contribution < -0.4 is 0 Å². The standard InChI is InChI=1S/C25H37NO5Si/c1-18-14-23(28)26(17-19-10-8-7-9-11-19)22(18)13-12-20(27)15-21(16-24(29)30)31-32(5,6)25(2,3)4/h7-13,18,21-22H,14-17H2,1-6H3,(H,29,30)/t18-,21-,22-/m1/s1. The van der Waals surface area contributed by atoms with Crippen LogP contribution in [-0.2, 0) is 25.4 Å². The third-order valence-electron chi connectivity index (χ3n) is 6.53. The van der Waals surface area contributed by atoms with Gasteiger partial charge < -0.3 is 14.4 Å². The Morgan fingerprint density at radius 3 is 2.41 bits per heavy atom. The first kappa shape index (κ1) is 26.0. The molecule has 1 fully saturated rings.